The second-order valence-electron chi connectivity index (χ2n) is 7.95. The Kier molecular flexibility index (Phi) is 6.95. The summed E-state index contributed by atoms with van der Waals surface area (Å²) in [6.45, 7) is 2.87. The summed E-state index contributed by atoms with van der Waals surface area (Å²) in [6.07, 6.45) is 4.63. The van der Waals surface area contributed by atoms with E-state index in [4.69, 9.17) is 28.4 Å². The van der Waals surface area contributed by atoms with Gasteiger partial charge in [-0.25, -0.2) is 0 Å². The zero-order chi connectivity index (χ0) is 24.2. The van der Waals surface area contributed by atoms with Gasteiger partial charge in [-0.15, -0.1) is 0 Å². The standard InChI is InChI=1S/C26H29NO7/c1-6-7-27-13-17-8-15-9-19-20(34-14-33-19)12-18(15)23(24(17)26(28)32-5)16-10-21(29-2)25(31-4)22(11-16)30-3/h8-13,23-24H,6-7,14H2,1-5H3/t23?,24-/m1/s1. The molecule has 0 radical (unpaired) electrons. The fraction of sp³-hybridized carbons (Fsp3) is 0.385. The number of fused-ring (bicyclic) bond motifs is 2. The SMILES string of the molecule is CCCN=CC1=Cc2cc3c(cc2C(c2cc(OC)c(OC)c(OC)c2)[C@@H]1C(=O)OC)OCO3. The monoisotopic (exact) mass is 467 g/mol. The van der Waals surface area contributed by atoms with Gasteiger partial charge in [-0.05, 0) is 59.0 Å². The van der Waals surface area contributed by atoms with Crippen molar-refractivity contribution < 1.29 is 33.2 Å². The average molecular weight is 468 g/mol. The predicted molar refractivity (Wildman–Crippen MR) is 128 cm³/mol. The molecule has 1 aliphatic carbocycles. The van der Waals surface area contributed by atoms with Gasteiger partial charge in [0, 0.05) is 18.7 Å². The van der Waals surface area contributed by atoms with Crippen LogP contribution >= 0.6 is 0 Å². The largest absolute Gasteiger partial charge is 0.493 e. The highest BCUT2D eigenvalue weighted by Crippen LogP contribution is 2.50. The first-order valence-corrected chi connectivity index (χ1v) is 11.1. The first-order valence-electron chi connectivity index (χ1n) is 11.1. The van der Waals surface area contributed by atoms with Gasteiger partial charge in [0.25, 0.3) is 0 Å². The summed E-state index contributed by atoms with van der Waals surface area (Å²) < 4.78 is 33.2. The molecule has 0 saturated carbocycles. The molecule has 2 aliphatic rings. The van der Waals surface area contributed by atoms with Crippen molar-refractivity contribution in [3.63, 3.8) is 0 Å². The van der Waals surface area contributed by atoms with E-state index in [0.29, 0.717) is 35.3 Å². The van der Waals surface area contributed by atoms with Gasteiger partial charge in [-0.3, -0.25) is 9.79 Å². The van der Waals surface area contributed by atoms with E-state index >= 15 is 0 Å². The van der Waals surface area contributed by atoms with E-state index in [-0.39, 0.29) is 12.8 Å². The van der Waals surface area contributed by atoms with Crippen LogP contribution in [0.1, 0.15) is 36.0 Å². The number of benzene rings is 2. The molecule has 0 bridgehead atoms. The van der Waals surface area contributed by atoms with Gasteiger partial charge in [-0.1, -0.05) is 6.92 Å². The number of hydrogen-bond acceptors (Lipinski definition) is 8. The van der Waals surface area contributed by atoms with Crippen LogP contribution in [0.3, 0.4) is 0 Å². The fourth-order valence-corrected chi connectivity index (χ4v) is 4.48. The molecule has 4 rings (SSSR count). The minimum atomic E-state index is -0.638. The first-order chi connectivity index (χ1) is 16.6. The number of esters is 1. The number of carbonyl (C=O) groups excluding carboxylic acids is 1. The van der Waals surface area contributed by atoms with E-state index in [1.54, 1.807) is 27.5 Å². The van der Waals surface area contributed by atoms with E-state index < -0.39 is 11.8 Å². The maximum atomic E-state index is 13.2. The Balaban J connectivity index is 1.97. The number of rotatable bonds is 8. The number of nitrogens with zero attached hydrogens (tertiary/aromatic N) is 1. The number of ether oxygens (including phenoxy) is 6. The third-order valence-electron chi connectivity index (χ3n) is 6.02. The molecule has 1 aliphatic heterocycles. The molecule has 0 N–H and O–H groups in total. The molecule has 2 aromatic rings. The Morgan fingerprint density at radius 3 is 2.29 bits per heavy atom. The minimum absolute atomic E-state index is 0.155. The third kappa shape index (κ3) is 4.16. The highest BCUT2D eigenvalue weighted by molar-refractivity contribution is 5.97. The third-order valence-corrected chi connectivity index (χ3v) is 6.02. The molecule has 1 heterocycles. The van der Waals surface area contributed by atoms with E-state index in [1.807, 2.05) is 30.3 Å². The summed E-state index contributed by atoms with van der Waals surface area (Å²) in [7, 11) is 6.08. The molecule has 2 atom stereocenters. The van der Waals surface area contributed by atoms with Crippen molar-refractivity contribution in [2.45, 2.75) is 19.3 Å². The lowest BCUT2D eigenvalue weighted by atomic mass is 9.71. The van der Waals surface area contributed by atoms with Crippen molar-refractivity contribution >= 4 is 18.3 Å². The molecule has 0 saturated heterocycles. The summed E-state index contributed by atoms with van der Waals surface area (Å²) >= 11 is 0. The smallest absolute Gasteiger partial charge is 0.314 e. The highest BCUT2D eigenvalue weighted by atomic mass is 16.7. The van der Waals surface area contributed by atoms with Gasteiger partial charge in [0.1, 0.15) is 0 Å². The molecule has 180 valence electrons. The number of hydrogen-bond donors (Lipinski definition) is 0. The number of aliphatic imine (C=N–C) groups is 1. The first kappa shape index (κ1) is 23.5. The van der Waals surface area contributed by atoms with Crippen LogP contribution in [0.5, 0.6) is 28.7 Å². The fourth-order valence-electron chi connectivity index (χ4n) is 4.48. The lowest BCUT2D eigenvalue weighted by Crippen LogP contribution is -2.30. The highest BCUT2D eigenvalue weighted by Gasteiger charge is 2.40. The number of carbonyl (C=O) groups is 1. The van der Waals surface area contributed by atoms with E-state index in [2.05, 4.69) is 11.9 Å². The molecule has 2 aromatic carbocycles. The molecule has 0 amide bonds. The molecular weight excluding hydrogens is 438 g/mol. The van der Waals surface area contributed by atoms with E-state index in [0.717, 1.165) is 28.7 Å². The molecular formula is C26H29NO7. The van der Waals surface area contributed by atoms with Crippen molar-refractivity contribution in [1.82, 2.24) is 0 Å². The van der Waals surface area contributed by atoms with Crippen molar-refractivity contribution in [1.29, 1.82) is 0 Å². The minimum Gasteiger partial charge on any atom is -0.493 e. The Bertz CT molecular complexity index is 1110. The van der Waals surface area contributed by atoms with Crippen molar-refractivity contribution in [3.8, 4) is 28.7 Å². The van der Waals surface area contributed by atoms with Crippen LogP contribution in [0.4, 0.5) is 0 Å². The van der Waals surface area contributed by atoms with Gasteiger partial charge in [-0.2, -0.15) is 0 Å². The molecule has 0 aromatic heterocycles. The molecule has 1 unspecified atom stereocenters. The number of methoxy groups -OCH3 is 4. The van der Waals surface area contributed by atoms with Crippen LogP contribution in [0, 0.1) is 5.92 Å². The van der Waals surface area contributed by atoms with Gasteiger partial charge in [0.2, 0.25) is 12.5 Å². The van der Waals surface area contributed by atoms with Crippen molar-refractivity contribution in [2.24, 2.45) is 10.9 Å². The van der Waals surface area contributed by atoms with Crippen LogP contribution < -0.4 is 23.7 Å². The molecule has 0 spiro atoms. The summed E-state index contributed by atoms with van der Waals surface area (Å²) in [4.78, 5) is 17.7. The Morgan fingerprint density at radius 2 is 1.71 bits per heavy atom. The van der Waals surface area contributed by atoms with Gasteiger partial charge in [0.15, 0.2) is 23.0 Å². The van der Waals surface area contributed by atoms with Crippen LogP contribution in [-0.4, -0.2) is 54.0 Å². The Morgan fingerprint density at radius 1 is 1.03 bits per heavy atom. The lowest BCUT2D eigenvalue weighted by Gasteiger charge is -2.32. The summed E-state index contributed by atoms with van der Waals surface area (Å²) in [5.41, 5.74) is 3.38. The second kappa shape index (κ2) is 10.1. The molecule has 34 heavy (non-hydrogen) atoms. The van der Waals surface area contributed by atoms with Gasteiger partial charge in [0.05, 0.1) is 34.4 Å². The van der Waals surface area contributed by atoms with Crippen LogP contribution in [0.15, 0.2) is 34.8 Å². The van der Waals surface area contributed by atoms with Crippen molar-refractivity contribution in [2.75, 3.05) is 41.8 Å². The van der Waals surface area contributed by atoms with Gasteiger partial charge < -0.3 is 28.4 Å². The maximum absolute atomic E-state index is 13.2. The second-order valence-corrected chi connectivity index (χ2v) is 7.95. The summed E-state index contributed by atoms with van der Waals surface area (Å²) in [5.74, 6) is 1.36. The van der Waals surface area contributed by atoms with Crippen LogP contribution in [0.2, 0.25) is 0 Å². The molecule has 0 fully saturated rings. The maximum Gasteiger partial charge on any atom is 0.314 e. The summed E-state index contributed by atoms with van der Waals surface area (Å²) in [5, 5.41) is 0. The van der Waals surface area contributed by atoms with Crippen LogP contribution in [-0.2, 0) is 9.53 Å². The zero-order valence-electron chi connectivity index (χ0n) is 20.0. The van der Waals surface area contributed by atoms with E-state index in [1.165, 1.54) is 7.11 Å². The quantitative estimate of drug-likeness (QED) is 0.424. The van der Waals surface area contributed by atoms with Crippen molar-refractivity contribution in [3.05, 3.63) is 46.5 Å². The lowest BCUT2D eigenvalue weighted by molar-refractivity contribution is -0.144. The van der Waals surface area contributed by atoms with Gasteiger partial charge >= 0.3 is 5.97 Å². The zero-order valence-corrected chi connectivity index (χ0v) is 20.0. The van der Waals surface area contributed by atoms with Crippen LogP contribution in [0.25, 0.3) is 6.08 Å². The van der Waals surface area contributed by atoms with E-state index in [9.17, 15) is 4.79 Å². The molecule has 8 nitrogen and oxygen atoms in total. The Hall–Kier alpha value is -3.68. The average Bonchev–Trinajstić information content (AvgIpc) is 3.32. The summed E-state index contributed by atoms with van der Waals surface area (Å²) in [6, 6.07) is 7.59. The topological polar surface area (TPSA) is 84.8 Å². The Labute approximate surface area is 199 Å². The normalized spacial score (nSPS) is 18.3. The molecule has 8 heteroatoms. The predicted octanol–water partition coefficient (Wildman–Crippen LogP) is 4.24.